The van der Waals surface area contributed by atoms with Crippen LogP contribution in [-0.2, 0) is 0 Å². The van der Waals surface area contributed by atoms with Gasteiger partial charge in [0.2, 0.25) is 0 Å². The van der Waals surface area contributed by atoms with Crippen molar-refractivity contribution >= 4 is 0 Å². The zero-order chi connectivity index (χ0) is 19.7. The summed E-state index contributed by atoms with van der Waals surface area (Å²) in [5, 5.41) is 0. The minimum Gasteiger partial charge on any atom is -0.306 e. The molecule has 3 nitrogen and oxygen atoms in total. The Hall–Kier alpha value is -0.120. The molecule has 4 fully saturated rings. The van der Waals surface area contributed by atoms with Gasteiger partial charge in [-0.15, -0.1) is 0 Å². The first-order chi connectivity index (χ1) is 12.2. The highest BCUT2D eigenvalue weighted by atomic mass is 15.2. The van der Waals surface area contributed by atoms with Gasteiger partial charge >= 0.3 is 0 Å². The summed E-state index contributed by atoms with van der Waals surface area (Å²) in [7, 11) is 6.53. The van der Waals surface area contributed by atoms with Gasteiger partial charge in [0, 0.05) is 25.7 Å². The third kappa shape index (κ3) is 10.3. The summed E-state index contributed by atoms with van der Waals surface area (Å²) in [6.07, 6.45) is 7.14. The number of hydrogen-bond donors (Lipinski definition) is 0. The van der Waals surface area contributed by atoms with E-state index < -0.39 is 0 Å². The zero-order valence-corrected chi connectivity index (χ0v) is 19.3. The van der Waals surface area contributed by atoms with Crippen LogP contribution in [0.4, 0.5) is 0 Å². The van der Waals surface area contributed by atoms with Gasteiger partial charge in [-0.3, -0.25) is 0 Å². The molecule has 3 heterocycles. The fraction of sp³-hybridized carbons (Fsp3) is 1.00. The Morgan fingerprint density at radius 1 is 0.577 bits per heavy atom. The third-order valence-corrected chi connectivity index (χ3v) is 6.37. The van der Waals surface area contributed by atoms with Crippen LogP contribution in [0.5, 0.6) is 0 Å². The molecule has 0 N–H and O–H groups in total. The molecule has 0 bridgehead atoms. The Kier molecular flexibility index (Phi) is 11.4. The predicted molar refractivity (Wildman–Crippen MR) is 117 cm³/mol. The van der Waals surface area contributed by atoms with E-state index in [1.54, 1.807) is 0 Å². The number of rotatable bonds is 0. The molecular weight excluding hydrogens is 318 g/mol. The SMILES string of the molecule is CC1CC(C)C1.CC1CN(C)C1.C[C@@H]1CCCN1C.C[C@@H]1CCN(C)C1. The number of hydrogen-bond acceptors (Lipinski definition) is 3. The van der Waals surface area contributed by atoms with Gasteiger partial charge in [0.1, 0.15) is 0 Å². The zero-order valence-electron chi connectivity index (χ0n) is 19.3. The Bertz CT molecular complexity index is 303. The third-order valence-electron chi connectivity index (χ3n) is 6.37. The second kappa shape index (κ2) is 12.4. The van der Waals surface area contributed by atoms with E-state index in [1.165, 1.54) is 64.8 Å². The van der Waals surface area contributed by atoms with Crippen molar-refractivity contribution in [3.63, 3.8) is 0 Å². The minimum atomic E-state index is 0.847. The predicted octanol–water partition coefficient (Wildman–Crippen LogP) is 4.68. The van der Waals surface area contributed by atoms with Crippen molar-refractivity contribution in [1.29, 1.82) is 0 Å². The van der Waals surface area contributed by atoms with Crippen LogP contribution < -0.4 is 0 Å². The lowest BCUT2D eigenvalue weighted by atomic mass is 9.78. The Morgan fingerprint density at radius 2 is 1.12 bits per heavy atom. The molecule has 3 aliphatic heterocycles. The molecule has 0 aromatic rings. The Morgan fingerprint density at radius 3 is 1.19 bits per heavy atom. The van der Waals surface area contributed by atoms with Crippen molar-refractivity contribution in [1.82, 2.24) is 14.7 Å². The Balaban J connectivity index is 0.000000174. The van der Waals surface area contributed by atoms with Crippen LogP contribution in [0.15, 0.2) is 0 Å². The van der Waals surface area contributed by atoms with E-state index in [9.17, 15) is 0 Å². The maximum absolute atomic E-state index is 2.40. The van der Waals surface area contributed by atoms with Crippen molar-refractivity contribution in [3.05, 3.63) is 0 Å². The lowest BCUT2D eigenvalue weighted by Gasteiger charge is -2.33. The monoisotopic (exact) mass is 367 g/mol. The van der Waals surface area contributed by atoms with E-state index in [2.05, 4.69) is 70.5 Å². The summed E-state index contributed by atoms with van der Waals surface area (Å²) in [5.74, 6) is 4.00. The van der Waals surface area contributed by atoms with Crippen molar-refractivity contribution in [2.75, 3.05) is 53.9 Å². The lowest BCUT2D eigenvalue weighted by molar-refractivity contribution is 0.149. The highest BCUT2D eigenvalue weighted by Gasteiger charge is 2.19. The molecule has 0 aromatic heterocycles. The van der Waals surface area contributed by atoms with Gasteiger partial charge in [0.05, 0.1) is 0 Å². The standard InChI is InChI=1S/2C6H13N.C6H12.C5H11N/c1-6-3-4-7(2)5-6;1-6-4-3-5-7(6)2;2*1-5-3-6(2)4-5/h2*6H,3-5H2,1-2H3;5-6H,3-4H2,1-2H3;5H,3-4H2,1-2H3/t2*6-;;/m11../s1. The van der Waals surface area contributed by atoms with E-state index in [-0.39, 0.29) is 0 Å². The summed E-state index contributed by atoms with van der Waals surface area (Å²) >= 11 is 0. The summed E-state index contributed by atoms with van der Waals surface area (Å²) in [6, 6.07) is 0.847. The van der Waals surface area contributed by atoms with Crippen molar-refractivity contribution in [2.24, 2.45) is 23.7 Å². The average Bonchev–Trinajstić information content (AvgIpc) is 3.07. The molecule has 4 rings (SSSR count). The Labute approximate surface area is 165 Å². The van der Waals surface area contributed by atoms with Crippen LogP contribution in [0.2, 0.25) is 0 Å². The van der Waals surface area contributed by atoms with Crippen LogP contribution in [0.25, 0.3) is 0 Å². The van der Waals surface area contributed by atoms with Crippen molar-refractivity contribution in [3.8, 4) is 0 Å². The van der Waals surface area contributed by atoms with Gasteiger partial charge in [0.25, 0.3) is 0 Å². The molecule has 0 radical (unpaired) electrons. The molecule has 156 valence electrons. The maximum atomic E-state index is 2.40. The smallest absolute Gasteiger partial charge is 0.00643 e. The van der Waals surface area contributed by atoms with Gasteiger partial charge in [-0.25, -0.2) is 0 Å². The normalized spacial score (nSPS) is 35.1. The van der Waals surface area contributed by atoms with Gasteiger partial charge in [-0.1, -0.05) is 27.7 Å². The number of nitrogens with zero attached hydrogens (tertiary/aromatic N) is 3. The second-order valence-corrected chi connectivity index (χ2v) is 10.1. The largest absolute Gasteiger partial charge is 0.306 e. The van der Waals surface area contributed by atoms with E-state index in [4.69, 9.17) is 0 Å². The maximum Gasteiger partial charge on any atom is 0.00643 e. The van der Waals surface area contributed by atoms with E-state index in [1.807, 2.05) is 0 Å². The molecule has 0 aromatic carbocycles. The molecular formula is C23H49N3. The van der Waals surface area contributed by atoms with Crippen LogP contribution in [0, 0.1) is 23.7 Å². The molecule has 3 heteroatoms. The summed E-state index contributed by atoms with van der Waals surface area (Å²) in [4.78, 5) is 7.11. The van der Waals surface area contributed by atoms with Gasteiger partial charge < -0.3 is 14.7 Å². The van der Waals surface area contributed by atoms with Gasteiger partial charge in [-0.2, -0.15) is 0 Å². The molecule has 1 aliphatic carbocycles. The van der Waals surface area contributed by atoms with E-state index >= 15 is 0 Å². The highest BCUT2D eigenvalue weighted by Crippen LogP contribution is 2.31. The first kappa shape index (κ1) is 23.9. The lowest BCUT2D eigenvalue weighted by Crippen LogP contribution is -2.41. The number of likely N-dealkylation sites (tertiary alicyclic amines) is 3. The molecule has 4 aliphatic rings. The second-order valence-electron chi connectivity index (χ2n) is 10.1. The summed E-state index contributed by atoms with van der Waals surface area (Å²) in [5.41, 5.74) is 0. The summed E-state index contributed by atoms with van der Waals surface area (Å²) in [6.45, 7) is 18.0. The molecule has 2 atom stereocenters. The summed E-state index contributed by atoms with van der Waals surface area (Å²) < 4.78 is 0. The first-order valence-electron chi connectivity index (χ1n) is 11.2. The first-order valence-corrected chi connectivity index (χ1v) is 11.2. The van der Waals surface area contributed by atoms with Gasteiger partial charge in [0.15, 0.2) is 0 Å². The average molecular weight is 368 g/mol. The fourth-order valence-electron chi connectivity index (χ4n) is 4.55. The molecule has 0 spiro atoms. The van der Waals surface area contributed by atoms with Crippen LogP contribution in [0.3, 0.4) is 0 Å². The van der Waals surface area contributed by atoms with Crippen molar-refractivity contribution in [2.45, 2.75) is 72.8 Å². The van der Waals surface area contributed by atoms with Crippen LogP contribution in [-0.4, -0.2) is 74.6 Å². The topological polar surface area (TPSA) is 9.72 Å². The van der Waals surface area contributed by atoms with Gasteiger partial charge in [-0.05, 0) is 96.9 Å². The molecule has 0 amide bonds. The molecule has 26 heavy (non-hydrogen) atoms. The van der Waals surface area contributed by atoms with Crippen molar-refractivity contribution < 1.29 is 0 Å². The van der Waals surface area contributed by atoms with Crippen LogP contribution >= 0.6 is 0 Å². The minimum absolute atomic E-state index is 0.847. The van der Waals surface area contributed by atoms with Crippen LogP contribution in [0.1, 0.15) is 66.7 Å². The fourth-order valence-corrected chi connectivity index (χ4v) is 4.55. The highest BCUT2D eigenvalue weighted by molar-refractivity contribution is 4.72. The quantitative estimate of drug-likeness (QED) is 0.615. The molecule has 3 saturated heterocycles. The molecule has 1 saturated carbocycles. The molecule has 0 unspecified atom stereocenters. The van der Waals surface area contributed by atoms with E-state index in [0.717, 1.165) is 29.7 Å². The van der Waals surface area contributed by atoms with E-state index in [0.29, 0.717) is 0 Å².